The standard InChI is InChI=1S/C10H18N2O4S/c1-7(2)12-9(13)6-8(10(12)14)11-4-5-17(3,15)16/h7-8,11H,4-6H2,1-3H3. The van der Waals surface area contributed by atoms with Crippen molar-refractivity contribution in [2.24, 2.45) is 0 Å². The van der Waals surface area contributed by atoms with Crippen LogP contribution in [0.15, 0.2) is 0 Å². The van der Waals surface area contributed by atoms with E-state index in [9.17, 15) is 18.0 Å². The van der Waals surface area contributed by atoms with E-state index in [4.69, 9.17) is 0 Å². The van der Waals surface area contributed by atoms with Crippen molar-refractivity contribution in [3.8, 4) is 0 Å². The van der Waals surface area contributed by atoms with Gasteiger partial charge in [-0.3, -0.25) is 14.5 Å². The molecule has 1 saturated heterocycles. The van der Waals surface area contributed by atoms with Crippen LogP contribution in [0.4, 0.5) is 0 Å². The molecular formula is C10H18N2O4S. The molecule has 1 atom stereocenters. The smallest absolute Gasteiger partial charge is 0.247 e. The molecule has 6 nitrogen and oxygen atoms in total. The first-order chi connectivity index (χ1) is 7.72. The Labute approximate surface area is 101 Å². The van der Waals surface area contributed by atoms with Crippen LogP contribution in [0, 0.1) is 0 Å². The molecule has 0 aliphatic carbocycles. The maximum absolute atomic E-state index is 11.8. The largest absolute Gasteiger partial charge is 0.304 e. The minimum absolute atomic E-state index is 0.0351. The molecule has 1 N–H and O–H groups in total. The summed E-state index contributed by atoms with van der Waals surface area (Å²) in [7, 11) is -3.05. The molecule has 17 heavy (non-hydrogen) atoms. The van der Waals surface area contributed by atoms with E-state index in [0.29, 0.717) is 0 Å². The van der Waals surface area contributed by atoms with E-state index < -0.39 is 15.9 Å². The van der Waals surface area contributed by atoms with Crippen molar-refractivity contribution in [3.05, 3.63) is 0 Å². The van der Waals surface area contributed by atoms with Gasteiger partial charge in [-0.1, -0.05) is 0 Å². The topological polar surface area (TPSA) is 83.6 Å². The summed E-state index contributed by atoms with van der Waals surface area (Å²) in [5.41, 5.74) is 0. The molecule has 0 aromatic heterocycles. The van der Waals surface area contributed by atoms with E-state index in [-0.39, 0.29) is 36.6 Å². The van der Waals surface area contributed by atoms with Gasteiger partial charge in [-0.2, -0.15) is 0 Å². The van der Waals surface area contributed by atoms with E-state index in [0.717, 1.165) is 6.26 Å². The summed E-state index contributed by atoms with van der Waals surface area (Å²) in [6.07, 6.45) is 1.25. The number of imide groups is 1. The van der Waals surface area contributed by atoms with Crippen LogP contribution in [0.3, 0.4) is 0 Å². The fourth-order valence-electron chi connectivity index (χ4n) is 1.77. The van der Waals surface area contributed by atoms with Crippen molar-refractivity contribution in [1.29, 1.82) is 0 Å². The molecule has 1 unspecified atom stereocenters. The lowest BCUT2D eigenvalue weighted by Gasteiger charge is -2.19. The predicted molar refractivity (Wildman–Crippen MR) is 63.1 cm³/mol. The van der Waals surface area contributed by atoms with Crippen molar-refractivity contribution in [1.82, 2.24) is 10.2 Å². The summed E-state index contributed by atoms with van der Waals surface area (Å²) >= 11 is 0. The third kappa shape index (κ3) is 3.78. The number of nitrogens with zero attached hydrogens (tertiary/aromatic N) is 1. The summed E-state index contributed by atoms with van der Waals surface area (Å²) in [5.74, 6) is -0.507. The fraction of sp³-hybridized carbons (Fsp3) is 0.800. The second-order valence-corrected chi connectivity index (χ2v) is 6.80. The van der Waals surface area contributed by atoms with Crippen molar-refractivity contribution < 1.29 is 18.0 Å². The first-order valence-electron chi connectivity index (χ1n) is 5.49. The van der Waals surface area contributed by atoms with Gasteiger partial charge in [0.15, 0.2) is 0 Å². The zero-order valence-corrected chi connectivity index (χ0v) is 11.1. The lowest BCUT2D eigenvalue weighted by atomic mass is 10.2. The van der Waals surface area contributed by atoms with Gasteiger partial charge in [-0.15, -0.1) is 0 Å². The minimum atomic E-state index is -3.05. The van der Waals surface area contributed by atoms with E-state index in [2.05, 4.69) is 5.32 Å². The van der Waals surface area contributed by atoms with Gasteiger partial charge in [0.1, 0.15) is 9.84 Å². The number of rotatable bonds is 5. The molecule has 98 valence electrons. The Morgan fingerprint density at radius 2 is 2.00 bits per heavy atom. The van der Waals surface area contributed by atoms with Crippen LogP contribution in [0.1, 0.15) is 20.3 Å². The maximum Gasteiger partial charge on any atom is 0.247 e. The van der Waals surface area contributed by atoms with Crippen LogP contribution < -0.4 is 5.32 Å². The molecule has 7 heteroatoms. The number of amides is 2. The number of carbonyl (C=O) groups is 2. The van der Waals surface area contributed by atoms with Crippen molar-refractivity contribution in [3.63, 3.8) is 0 Å². The number of carbonyl (C=O) groups excluding carboxylic acids is 2. The zero-order chi connectivity index (χ0) is 13.2. The Hall–Kier alpha value is -0.950. The predicted octanol–water partition coefficient (Wildman–Crippen LogP) is -0.843. The van der Waals surface area contributed by atoms with Crippen molar-refractivity contribution in [2.45, 2.75) is 32.4 Å². The molecule has 0 aromatic carbocycles. The van der Waals surface area contributed by atoms with Crippen molar-refractivity contribution in [2.75, 3.05) is 18.6 Å². The maximum atomic E-state index is 11.8. The summed E-state index contributed by atoms with van der Waals surface area (Å²) in [4.78, 5) is 24.6. The molecule has 1 aliphatic heterocycles. The fourth-order valence-corrected chi connectivity index (χ4v) is 2.26. The summed E-state index contributed by atoms with van der Waals surface area (Å²) in [5, 5.41) is 2.81. The van der Waals surface area contributed by atoms with Crippen LogP contribution in [0.2, 0.25) is 0 Å². The van der Waals surface area contributed by atoms with Gasteiger partial charge in [-0.05, 0) is 13.8 Å². The van der Waals surface area contributed by atoms with Crippen molar-refractivity contribution >= 4 is 21.7 Å². The lowest BCUT2D eigenvalue weighted by molar-refractivity contribution is -0.140. The van der Waals surface area contributed by atoms with Crippen LogP contribution in [0.25, 0.3) is 0 Å². The third-order valence-electron chi connectivity index (χ3n) is 2.56. The summed E-state index contributed by atoms with van der Waals surface area (Å²) in [6, 6.07) is -0.733. The summed E-state index contributed by atoms with van der Waals surface area (Å²) in [6.45, 7) is 3.73. The molecule has 0 saturated carbocycles. The van der Waals surface area contributed by atoms with E-state index in [1.807, 2.05) is 0 Å². The molecule has 1 fully saturated rings. The first-order valence-corrected chi connectivity index (χ1v) is 7.55. The highest BCUT2D eigenvalue weighted by atomic mass is 32.2. The number of likely N-dealkylation sites (tertiary alicyclic amines) is 1. The Morgan fingerprint density at radius 1 is 1.41 bits per heavy atom. The van der Waals surface area contributed by atoms with Crippen LogP contribution in [-0.2, 0) is 19.4 Å². The van der Waals surface area contributed by atoms with Gasteiger partial charge >= 0.3 is 0 Å². The Kier molecular flexibility index (Phi) is 4.26. The average Bonchev–Trinajstić information content (AvgIpc) is 2.39. The van der Waals surface area contributed by atoms with Gasteiger partial charge in [0, 0.05) is 18.8 Å². The molecule has 0 radical (unpaired) electrons. The Balaban J connectivity index is 2.53. The molecule has 1 aliphatic rings. The van der Waals surface area contributed by atoms with E-state index >= 15 is 0 Å². The first kappa shape index (κ1) is 14.1. The van der Waals surface area contributed by atoms with Crippen LogP contribution in [0.5, 0.6) is 0 Å². The van der Waals surface area contributed by atoms with Crippen LogP contribution >= 0.6 is 0 Å². The molecule has 0 spiro atoms. The zero-order valence-electron chi connectivity index (χ0n) is 10.3. The number of hydrogen-bond donors (Lipinski definition) is 1. The Bertz CT molecular complexity index is 416. The highest BCUT2D eigenvalue weighted by Crippen LogP contribution is 2.15. The lowest BCUT2D eigenvalue weighted by Crippen LogP contribution is -2.42. The highest BCUT2D eigenvalue weighted by molar-refractivity contribution is 7.90. The van der Waals surface area contributed by atoms with Crippen LogP contribution in [-0.4, -0.2) is 55.8 Å². The van der Waals surface area contributed by atoms with Gasteiger partial charge in [-0.25, -0.2) is 8.42 Å². The Morgan fingerprint density at radius 3 is 2.41 bits per heavy atom. The number of sulfone groups is 1. The second kappa shape index (κ2) is 5.14. The molecule has 2 amide bonds. The van der Waals surface area contributed by atoms with Gasteiger partial charge in [0.2, 0.25) is 11.8 Å². The highest BCUT2D eigenvalue weighted by Gasteiger charge is 2.39. The molecule has 1 rings (SSSR count). The van der Waals surface area contributed by atoms with E-state index in [1.54, 1.807) is 13.8 Å². The van der Waals surface area contributed by atoms with Gasteiger partial charge in [0.25, 0.3) is 0 Å². The molecule has 1 heterocycles. The second-order valence-electron chi connectivity index (χ2n) is 4.54. The van der Waals surface area contributed by atoms with E-state index in [1.165, 1.54) is 4.90 Å². The SMILES string of the molecule is CC(C)N1C(=O)CC(NCCS(C)(=O)=O)C1=O. The quantitative estimate of drug-likeness (QED) is 0.653. The minimum Gasteiger partial charge on any atom is -0.304 e. The number of nitrogens with one attached hydrogen (secondary N) is 1. The third-order valence-corrected chi connectivity index (χ3v) is 3.51. The molecule has 0 bridgehead atoms. The number of hydrogen-bond acceptors (Lipinski definition) is 5. The molecule has 0 aromatic rings. The van der Waals surface area contributed by atoms with Gasteiger partial charge in [0.05, 0.1) is 18.2 Å². The monoisotopic (exact) mass is 262 g/mol. The van der Waals surface area contributed by atoms with Gasteiger partial charge < -0.3 is 5.32 Å². The average molecular weight is 262 g/mol. The summed E-state index contributed by atoms with van der Waals surface area (Å²) < 4.78 is 21.8. The molecular weight excluding hydrogens is 244 g/mol. The normalized spacial score (nSPS) is 21.6.